The van der Waals surface area contributed by atoms with Crippen molar-refractivity contribution in [1.82, 2.24) is 10.6 Å². The number of guanidine groups is 1. The lowest BCUT2D eigenvalue weighted by atomic mass is 10.1. The third kappa shape index (κ3) is 4.07. The van der Waals surface area contributed by atoms with Crippen molar-refractivity contribution in [2.75, 3.05) is 25.0 Å². The van der Waals surface area contributed by atoms with Crippen LogP contribution in [0.4, 0.5) is 5.69 Å². The molecule has 4 nitrogen and oxygen atoms in total. The molecule has 2 aromatic carbocycles. The minimum atomic E-state index is 0.424. The van der Waals surface area contributed by atoms with Gasteiger partial charge in [0.05, 0.1) is 0 Å². The third-order valence-corrected chi connectivity index (χ3v) is 4.58. The van der Waals surface area contributed by atoms with Crippen molar-refractivity contribution in [3.63, 3.8) is 0 Å². The predicted molar refractivity (Wildman–Crippen MR) is 102 cm³/mol. The van der Waals surface area contributed by atoms with E-state index in [0.29, 0.717) is 6.04 Å². The van der Waals surface area contributed by atoms with Crippen molar-refractivity contribution in [3.8, 4) is 0 Å². The first-order valence-corrected chi connectivity index (χ1v) is 8.58. The summed E-state index contributed by atoms with van der Waals surface area (Å²) in [5.41, 5.74) is 3.90. The Hall–Kier alpha value is -2.49. The van der Waals surface area contributed by atoms with Gasteiger partial charge in [-0.25, -0.2) is 0 Å². The number of hydrogen-bond donors (Lipinski definition) is 2. The number of anilines is 1. The molecule has 1 fully saturated rings. The monoisotopic (exact) mass is 322 g/mol. The topological polar surface area (TPSA) is 39.7 Å². The summed E-state index contributed by atoms with van der Waals surface area (Å²) >= 11 is 0. The molecule has 126 valence electrons. The highest BCUT2D eigenvalue weighted by molar-refractivity contribution is 5.80. The quantitative estimate of drug-likeness (QED) is 0.671. The van der Waals surface area contributed by atoms with Crippen LogP contribution in [-0.2, 0) is 6.54 Å². The van der Waals surface area contributed by atoms with Gasteiger partial charge in [-0.3, -0.25) is 4.99 Å². The summed E-state index contributed by atoms with van der Waals surface area (Å²) in [6, 6.07) is 19.5. The minimum absolute atomic E-state index is 0.424. The molecule has 0 aromatic heterocycles. The SMILES string of the molecule is CN=C(NCc1ccccc1C)NC1CCN(c2ccccc2)C1. The Balaban J connectivity index is 1.52. The lowest BCUT2D eigenvalue weighted by Gasteiger charge is -2.20. The van der Waals surface area contributed by atoms with Gasteiger partial charge in [0.25, 0.3) is 0 Å². The second kappa shape index (κ2) is 7.86. The van der Waals surface area contributed by atoms with Gasteiger partial charge >= 0.3 is 0 Å². The Morgan fingerprint density at radius 2 is 1.88 bits per heavy atom. The Morgan fingerprint density at radius 3 is 2.62 bits per heavy atom. The van der Waals surface area contributed by atoms with E-state index in [0.717, 1.165) is 32.0 Å². The first-order chi connectivity index (χ1) is 11.8. The van der Waals surface area contributed by atoms with Crippen LogP contribution >= 0.6 is 0 Å². The molecule has 1 aliphatic rings. The number of benzene rings is 2. The van der Waals surface area contributed by atoms with E-state index in [1.807, 2.05) is 7.05 Å². The molecule has 0 saturated carbocycles. The number of aliphatic imine (C=N–C) groups is 1. The van der Waals surface area contributed by atoms with Gasteiger partial charge in [-0.05, 0) is 36.6 Å². The van der Waals surface area contributed by atoms with Crippen molar-refractivity contribution < 1.29 is 0 Å². The predicted octanol–water partition coefficient (Wildman–Crippen LogP) is 2.94. The Morgan fingerprint density at radius 1 is 1.12 bits per heavy atom. The number of hydrogen-bond acceptors (Lipinski definition) is 2. The molecule has 2 aromatic rings. The molecule has 1 unspecified atom stereocenters. The van der Waals surface area contributed by atoms with Gasteiger partial charge in [-0.1, -0.05) is 42.5 Å². The maximum absolute atomic E-state index is 4.37. The van der Waals surface area contributed by atoms with Gasteiger partial charge in [0, 0.05) is 38.4 Å². The van der Waals surface area contributed by atoms with E-state index in [4.69, 9.17) is 0 Å². The van der Waals surface area contributed by atoms with E-state index in [-0.39, 0.29) is 0 Å². The second-order valence-electron chi connectivity index (χ2n) is 6.26. The van der Waals surface area contributed by atoms with Crippen molar-refractivity contribution in [1.29, 1.82) is 0 Å². The highest BCUT2D eigenvalue weighted by atomic mass is 15.2. The third-order valence-electron chi connectivity index (χ3n) is 4.58. The van der Waals surface area contributed by atoms with Crippen molar-refractivity contribution in [3.05, 3.63) is 65.7 Å². The molecular formula is C20H26N4. The molecular weight excluding hydrogens is 296 g/mol. The van der Waals surface area contributed by atoms with Gasteiger partial charge in [0.1, 0.15) is 0 Å². The molecule has 3 rings (SSSR count). The number of para-hydroxylation sites is 1. The number of aryl methyl sites for hydroxylation is 1. The van der Waals surface area contributed by atoms with E-state index in [1.54, 1.807) is 0 Å². The van der Waals surface area contributed by atoms with Crippen LogP contribution in [0.3, 0.4) is 0 Å². The van der Waals surface area contributed by atoms with Crippen LogP contribution in [0.15, 0.2) is 59.6 Å². The summed E-state index contributed by atoms with van der Waals surface area (Å²) in [6.07, 6.45) is 1.12. The standard InChI is InChI=1S/C20H26N4/c1-16-8-6-7-9-17(16)14-22-20(21-2)23-18-12-13-24(15-18)19-10-4-3-5-11-19/h3-11,18H,12-15H2,1-2H3,(H2,21,22,23). The molecule has 0 spiro atoms. The highest BCUT2D eigenvalue weighted by Crippen LogP contribution is 2.19. The maximum atomic E-state index is 4.37. The number of nitrogens with zero attached hydrogens (tertiary/aromatic N) is 2. The van der Waals surface area contributed by atoms with E-state index < -0.39 is 0 Å². The molecule has 0 radical (unpaired) electrons. The summed E-state index contributed by atoms with van der Waals surface area (Å²) in [6.45, 7) is 5.02. The van der Waals surface area contributed by atoms with Crippen LogP contribution in [0.25, 0.3) is 0 Å². The molecule has 1 saturated heterocycles. The first-order valence-electron chi connectivity index (χ1n) is 8.58. The van der Waals surface area contributed by atoms with Crippen LogP contribution in [0.2, 0.25) is 0 Å². The highest BCUT2D eigenvalue weighted by Gasteiger charge is 2.23. The zero-order valence-corrected chi connectivity index (χ0v) is 14.5. The molecule has 0 bridgehead atoms. The maximum Gasteiger partial charge on any atom is 0.191 e. The fourth-order valence-electron chi connectivity index (χ4n) is 3.13. The van der Waals surface area contributed by atoms with E-state index in [2.05, 4.69) is 82.0 Å². The summed E-state index contributed by atoms with van der Waals surface area (Å²) in [5.74, 6) is 0.873. The zero-order valence-electron chi connectivity index (χ0n) is 14.5. The van der Waals surface area contributed by atoms with Crippen LogP contribution in [0.5, 0.6) is 0 Å². The van der Waals surface area contributed by atoms with Crippen LogP contribution in [0.1, 0.15) is 17.5 Å². The van der Waals surface area contributed by atoms with E-state index in [9.17, 15) is 0 Å². The van der Waals surface area contributed by atoms with Gasteiger partial charge in [0.15, 0.2) is 5.96 Å². The summed E-state index contributed by atoms with van der Waals surface area (Å²) in [4.78, 5) is 6.79. The molecule has 0 aliphatic carbocycles. The largest absolute Gasteiger partial charge is 0.369 e. The van der Waals surface area contributed by atoms with Crippen molar-refractivity contribution >= 4 is 11.6 Å². The zero-order chi connectivity index (χ0) is 16.8. The van der Waals surface area contributed by atoms with E-state index >= 15 is 0 Å². The van der Waals surface area contributed by atoms with Gasteiger partial charge < -0.3 is 15.5 Å². The molecule has 1 heterocycles. The molecule has 2 N–H and O–H groups in total. The minimum Gasteiger partial charge on any atom is -0.369 e. The summed E-state index contributed by atoms with van der Waals surface area (Å²) in [5, 5.41) is 6.98. The van der Waals surface area contributed by atoms with Crippen LogP contribution < -0.4 is 15.5 Å². The number of rotatable bonds is 4. The fraction of sp³-hybridized carbons (Fsp3) is 0.350. The van der Waals surface area contributed by atoms with Gasteiger partial charge in [-0.2, -0.15) is 0 Å². The molecule has 24 heavy (non-hydrogen) atoms. The average molecular weight is 322 g/mol. The Bertz CT molecular complexity index is 681. The van der Waals surface area contributed by atoms with Gasteiger partial charge in [-0.15, -0.1) is 0 Å². The fourth-order valence-corrected chi connectivity index (χ4v) is 3.13. The average Bonchev–Trinajstić information content (AvgIpc) is 3.09. The van der Waals surface area contributed by atoms with E-state index in [1.165, 1.54) is 16.8 Å². The van der Waals surface area contributed by atoms with Crippen molar-refractivity contribution in [2.24, 2.45) is 4.99 Å². The first kappa shape index (κ1) is 16.4. The van der Waals surface area contributed by atoms with Crippen molar-refractivity contribution in [2.45, 2.75) is 25.9 Å². The lowest BCUT2D eigenvalue weighted by Crippen LogP contribution is -2.44. The number of nitrogens with one attached hydrogen (secondary N) is 2. The Labute approximate surface area is 144 Å². The molecule has 1 aliphatic heterocycles. The Kier molecular flexibility index (Phi) is 5.36. The summed E-state index contributed by atoms with van der Waals surface area (Å²) in [7, 11) is 1.83. The molecule has 0 amide bonds. The second-order valence-corrected chi connectivity index (χ2v) is 6.26. The van der Waals surface area contributed by atoms with Crippen LogP contribution in [-0.4, -0.2) is 32.1 Å². The summed E-state index contributed by atoms with van der Waals surface area (Å²) < 4.78 is 0. The molecule has 4 heteroatoms. The normalized spacial score (nSPS) is 17.8. The van der Waals surface area contributed by atoms with Crippen LogP contribution in [0, 0.1) is 6.92 Å². The molecule has 1 atom stereocenters. The lowest BCUT2D eigenvalue weighted by molar-refractivity contribution is 0.648. The smallest absolute Gasteiger partial charge is 0.191 e. The van der Waals surface area contributed by atoms with Gasteiger partial charge in [0.2, 0.25) is 0 Å².